The molecule has 23 heavy (non-hydrogen) atoms. The number of nitrogens with zero attached hydrogens (tertiary/aromatic N) is 3. The number of esters is 1. The average molecular weight is 315 g/mol. The maximum absolute atomic E-state index is 12.6. The Morgan fingerprint density at radius 2 is 1.78 bits per heavy atom. The summed E-state index contributed by atoms with van der Waals surface area (Å²) in [6, 6.07) is 8.99. The van der Waals surface area contributed by atoms with Crippen LogP contribution < -0.4 is 0 Å². The van der Waals surface area contributed by atoms with Crippen molar-refractivity contribution in [1.82, 2.24) is 14.7 Å². The van der Waals surface area contributed by atoms with Crippen molar-refractivity contribution < 1.29 is 14.3 Å². The van der Waals surface area contributed by atoms with E-state index in [2.05, 4.69) is 5.10 Å². The predicted molar refractivity (Wildman–Crippen MR) is 86.0 cm³/mol. The number of amides is 1. The van der Waals surface area contributed by atoms with Crippen LogP contribution in [0.5, 0.6) is 0 Å². The van der Waals surface area contributed by atoms with Gasteiger partial charge in [-0.3, -0.25) is 9.48 Å². The molecular formula is C17H21N3O3. The summed E-state index contributed by atoms with van der Waals surface area (Å²) >= 11 is 0. The highest BCUT2D eigenvalue weighted by molar-refractivity contribution is 5.94. The molecule has 2 rings (SSSR count). The summed E-state index contributed by atoms with van der Waals surface area (Å²) in [5.74, 6) is -0.833. The molecule has 0 saturated carbocycles. The lowest BCUT2D eigenvalue weighted by Gasteiger charge is -2.21. The molecule has 0 saturated heterocycles. The highest BCUT2D eigenvalue weighted by atomic mass is 16.5. The number of aromatic nitrogens is 2. The van der Waals surface area contributed by atoms with Crippen molar-refractivity contribution in [3.63, 3.8) is 0 Å². The number of hydrogen-bond acceptors (Lipinski definition) is 4. The van der Waals surface area contributed by atoms with Gasteiger partial charge in [-0.15, -0.1) is 0 Å². The van der Waals surface area contributed by atoms with Crippen LogP contribution in [0.3, 0.4) is 0 Å². The monoisotopic (exact) mass is 315 g/mol. The minimum atomic E-state index is -0.974. The van der Waals surface area contributed by atoms with Crippen molar-refractivity contribution in [1.29, 1.82) is 0 Å². The predicted octanol–water partition coefficient (Wildman–Crippen LogP) is 2.02. The number of rotatable bonds is 4. The molecule has 0 aliphatic carbocycles. The maximum Gasteiger partial charge on any atom is 0.343 e. The van der Waals surface area contributed by atoms with Gasteiger partial charge in [0, 0.05) is 32.4 Å². The summed E-state index contributed by atoms with van der Waals surface area (Å²) in [6.45, 7) is 3.54. The molecule has 2 aromatic rings. The summed E-state index contributed by atoms with van der Waals surface area (Å²) in [4.78, 5) is 26.4. The standard InChI is InChI=1S/C17H21N3O3/c1-11-14(12(2)20(5)18-11)17(22)23-15(16(21)19(3)4)13-9-7-6-8-10-13/h6-10,15H,1-5H3. The third-order valence-electron chi connectivity index (χ3n) is 3.71. The van der Waals surface area contributed by atoms with E-state index in [-0.39, 0.29) is 5.91 Å². The zero-order valence-corrected chi connectivity index (χ0v) is 14.0. The van der Waals surface area contributed by atoms with E-state index in [0.29, 0.717) is 22.5 Å². The first-order valence-corrected chi connectivity index (χ1v) is 7.30. The molecule has 1 unspecified atom stereocenters. The van der Waals surface area contributed by atoms with Gasteiger partial charge in [0.1, 0.15) is 5.56 Å². The molecule has 6 nitrogen and oxygen atoms in total. The van der Waals surface area contributed by atoms with E-state index in [0.717, 1.165) is 0 Å². The molecule has 0 bridgehead atoms. The number of likely N-dealkylation sites (N-methyl/N-ethyl adjacent to an activating group) is 1. The lowest BCUT2D eigenvalue weighted by molar-refractivity contribution is -0.138. The summed E-state index contributed by atoms with van der Waals surface area (Å²) in [5.41, 5.74) is 2.33. The Kier molecular flexibility index (Phi) is 4.83. The van der Waals surface area contributed by atoms with Gasteiger partial charge in [-0.2, -0.15) is 5.10 Å². The van der Waals surface area contributed by atoms with Gasteiger partial charge in [-0.1, -0.05) is 30.3 Å². The van der Waals surface area contributed by atoms with E-state index in [4.69, 9.17) is 4.74 Å². The second-order valence-electron chi connectivity index (χ2n) is 5.60. The number of ether oxygens (including phenoxy) is 1. The van der Waals surface area contributed by atoms with Crippen LogP contribution in [0.4, 0.5) is 0 Å². The molecule has 0 N–H and O–H groups in total. The Morgan fingerprint density at radius 3 is 2.26 bits per heavy atom. The van der Waals surface area contributed by atoms with E-state index in [9.17, 15) is 9.59 Å². The first-order chi connectivity index (χ1) is 10.8. The molecule has 1 aromatic heterocycles. The molecule has 0 fully saturated rings. The topological polar surface area (TPSA) is 64.4 Å². The summed E-state index contributed by atoms with van der Waals surface area (Å²) < 4.78 is 7.16. The van der Waals surface area contributed by atoms with Crippen molar-refractivity contribution >= 4 is 11.9 Å². The molecular weight excluding hydrogens is 294 g/mol. The van der Waals surface area contributed by atoms with Crippen LogP contribution >= 0.6 is 0 Å². The second-order valence-corrected chi connectivity index (χ2v) is 5.60. The summed E-state index contributed by atoms with van der Waals surface area (Å²) in [7, 11) is 5.03. The molecule has 1 heterocycles. The van der Waals surface area contributed by atoms with Crippen LogP contribution in [0, 0.1) is 13.8 Å². The SMILES string of the molecule is Cc1nn(C)c(C)c1C(=O)OC(C(=O)N(C)C)c1ccccc1. The van der Waals surface area contributed by atoms with Crippen molar-refractivity contribution in [2.45, 2.75) is 20.0 Å². The van der Waals surface area contributed by atoms with Crippen LogP contribution in [0.1, 0.15) is 33.4 Å². The van der Waals surface area contributed by atoms with Gasteiger partial charge >= 0.3 is 5.97 Å². The van der Waals surface area contributed by atoms with Gasteiger partial charge in [0.25, 0.3) is 5.91 Å². The first-order valence-electron chi connectivity index (χ1n) is 7.30. The lowest BCUT2D eigenvalue weighted by Crippen LogP contribution is -2.31. The minimum absolute atomic E-state index is 0.288. The van der Waals surface area contributed by atoms with Crippen molar-refractivity contribution in [3.8, 4) is 0 Å². The van der Waals surface area contributed by atoms with E-state index < -0.39 is 12.1 Å². The van der Waals surface area contributed by atoms with Crippen LogP contribution in [-0.2, 0) is 16.6 Å². The Hall–Kier alpha value is -2.63. The molecule has 1 aromatic carbocycles. The third-order valence-corrected chi connectivity index (χ3v) is 3.71. The highest BCUT2D eigenvalue weighted by Crippen LogP contribution is 2.23. The smallest absolute Gasteiger partial charge is 0.343 e. The van der Waals surface area contributed by atoms with E-state index in [1.807, 2.05) is 6.07 Å². The molecule has 0 aliphatic heterocycles. The van der Waals surface area contributed by atoms with Gasteiger partial charge in [0.15, 0.2) is 0 Å². The zero-order chi connectivity index (χ0) is 17.1. The summed E-state index contributed by atoms with van der Waals surface area (Å²) in [5, 5.41) is 4.21. The Balaban J connectivity index is 2.35. The van der Waals surface area contributed by atoms with E-state index in [1.54, 1.807) is 63.9 Å². The largest absolute Gasteiger partial charge is 0.444 e. The molecule has 1 atom stereocenters. The molecule has 0 spiro atoms. The fourth-order valence-corrected chi connectivity index (χ4v) is 2.36. The molecule has 6 heteroatoms. The van der Waals surface area contributed by atoms with Crippen molar-refractivity contribution in [2.75, 3.05) is 14.1 Å². The Labute approximate surface area is 135 Å². The van der Waals surface area contributed by atoms with Gasteiger partial charge in [0.05, 0.1) is 5.69 Å². The fraction of sp³-hybridized carbons (Fsp3) is 0.353. The van der Waals surface area contributed by atoms with Crippen LogP contribution in [0.25, 0.3) is 0 Å². The van der Waals surface area contributed by atoms with Gasteiger partial charge in [-0.25, -0.2) is 4.79 Å². The third kappa shape index (κ3) is 3.41. The zero-order valence-electron chi connectivity index (χ0n) is 14.0. The quantitative estimate of drug-likeness (QED) is 0.810. The average Bonchev–Trinajstić information content (AvgIpc) is 2.77. The van der Waals surface area contributed by atoms with Crippen molar-refractivity contribution in [2.24, 2.45) is 7.05 Å². The van der Waals surface area contributed by atoms with Gasteiger partial charge in [0.2, 0.25) is 6.10 Å². The fourth-order valence-electron chi connectivity index (χ4n) is 2.36. The number of hydrogen-bond donors (Lipinski definition) is 0. The second kappa shape index (κ2) is 6.64. The normalized spacial score (nSPS) is 11.9. The highest BCUT2D eigenvalue weighted by Gasteiger charge is 2.29. The van der Waals surface area contributed by atoms with Crippen LogP contribution in [-0.4, -0.2) is 40.7 Å². The molecule has 122 valence electrons. The number of carbonyl (C=O) groups excluding carboxylic acids is 2. The maximum atomic E-state index is 12.6. The van der Waals surface area contributed by atoms with E-state index in [1.165, 1.54) is 4.90 Å². The van der Waals surface area contributed by atoms with Crippen molar-refractivity contribution in [3.05, 3.63) is 52.8 Å². The number of aryl methyl sites for hydroxylation is 2. The minimum Gasteiger partial charge on any atom is -0.444 e. The van der Waals surface area contributed by atoms with Crippen LogP contribution in [0.15, 0.2) is 30.3 Å². The Morgan fingerprint density at radius 1 is 1.17 bits per heavy atom. The van der Waals surface area contributed by atoms with Crippen LogP contribution in [0.2, 0.25) is 0 Å². The Bertz CT molecular complexity index is 720. The van der Waals surface area contributed by atoms with Gasteiger partial charge in [-0.05, 0) is 13.8 Å². The first kappa shape index (κ1) is 16.7. The number of benzene rings is 1. The number of carbonyl (C=O) groups is 2. The molecule has 0 aliphatic rings. The lowest BCUT2D eigenvalue weighted by atomic mass is 10.1. The van der Waals surface area contributed by atoms with Gasteiger partial charge < -0.3 is 9.64 Å². The molecule has 0 radical (unpaired) electrons. The molecule has 1 amide bonds. The van der Waals surface area contributed by atoms with E-state index >= 15 is 0 Å². The summed E-state index contributed by atoms with van der Waals surface area (Å²) in [6.07, 6.45) is -0.974.